The number of phenols is 1. The van der Waals surface area contributed by atoms with Gasteiger partial charge in [0.05, 0.1) is 5.02 Å². The van der Waals surface area contributed by atoms with Crippen molar-refractivity contribution in [1.82, 2.24) is 5.32 Å². The zero-order chi connectivity index (χ0) is 11.5. The fraction of sp³-hybridized carbons (Fsp3) is 0.538. The van der Waals surface area contributed by atoms with Gasteiger partial charge in [-0.3, -0.25) is 0 Å². The number of nitrogens with one attached hydrogen (secondary N) is 1. The molecule has 0 aromatic heterocycles. The van der Waals surface area contributed by atoms with Gasteiger partial charge < -0.3 is 10.4 Å². The van der Waals surface area contributed by atoms with Crippen LogP contribution in [-0.4, -0.2) is 17.7 Å². The first-order chi connectivity index (χ1) is 7.68. The molecule has 3 heteroatoms. The van der Waals surface area contributed by atoms with Crippen molar-refractivity contribution in [2.45, 2.75) is 38.6 Å². The Morgan fingerprint density at radius 1 is 1.44 bits per heavy atom. The van der Waals surface area contributed by atoms with Gasteiger partial charge in [-0.1, -0.05) is 30.2 Å². The lowest BCUT2D eigenvalue weighted by Crippen LogP contribution is -2.35. The van der Waals surface area contributed by atoms with Gasteiger partial charge in [0.1, 0.15) is 5.75 Å². The Bertz CT molecular complexity index is 372. The average molecular weight is 240 g/mol. The summed E-state index contributed by atoms with van der Waals surface area (Å²) in [7, 11) is 0. The smallest absolute Gasteiger partial charge is 0.137 e. The van der Waals surface area contributed by atoms with Gasteiger partial charge in [0.2, 0.25) is 0 Å². The number of hydrogen-bond acceptors (Lipinski definition) is 2. The van der Waals surface area contributed by atoms with Gasteiger partial charge in [-0.2, -0.15) is 0 Å². The summed E-state index contributed by atoms with van der Waals surface area (Å²) >= 11 is 6.03. The highest BCUT2D eigenvalue weighted by molar-refractivity contribution is 6.32. The van der Waals surface area contributed by atoms with E-state index in [-0.39, 0.29) is 5.75 Å². The standard InChI is InChI=1S/C13H18ClNO/c1-9-5-6-10(13(16)12(9)14)8-11-4-2-3-7-15-11/h5-6,11,15-16H,2-4,7-8H2,1H3. The van der Waals surface area contributed by atoms with Crippen LogP contribution in [0.2, 0.25) is 5.02 Å². The van der Waals surface area contributed by atoms with Gasteiger partial charge in [0, 0.05) is 6.04 Å². The van der Waals surface area contributed by atoms with E-state index in [4.69, 9.17) is 11.6 Å². The number of aromatic hydroxyl groups is 1. The summed E-state index contributed by atoms with van der Waals surface area (Å²) in [4.78, 5) is 0. The molecule has 2 N–H and O–H groups in total. The van der Waals surface area contributed by atoms with Crippen molar-refractivity contribution in [2.75, 3.05) is 6.54 Å². The van der Waals surface area contributed by atoms with Crippen LogP contribution in [0.3, 0.4) is 0 Å². The Morgan fingerprint density at radius 2 is 2.25 bits per heavy atom. The maximum absolute atomic E-state index is 9.95. The number of phenolic OH excluding ortho intramolecular Hbond substituents is 1. The van der Waals surface area contributed by atoms with E-state index in [0.717, 1.165) is 24.1 Å². The molecule has 1 aliphatic rings. The summed E-state index contributed by atoms with van der Waals surface area (Å²) in [6.45, 7) is 3.00. The zero-order valence-corrected chi connectivity index (χ0v) is 10.3. The largest absolute Gasteiger partial charge is 0.506 e. The van der Waals surface area contributed by atoms with Crippen LogP contribution >= 0.6 is 11.6 Å². The molecule has 1 unspecified atom stereocenters. The zero-order valence-electron chi connectivity index (χ0n) is 9.59. The minimum Gasteiger partial charge on any atom is -0.506 e. The second kappa shape index (κ2) is 5.07. The van der Waals surface area contributed by atoms with E-state index < -0.39 is 0 Å². The molecule has 1 aromatic rings. The van der Waals surface area contributed by atoms with Gasteiger partial charge in [0.15, 0.2) is 0 Å². The van der Waals surface area contributed by atoms with Crippen LogP contribution in [0, 0.1) is 6.92 Å². The molecule has 2 nitrogen and oxygen atoms in total. The molecule has 0 aliphatic carbocycles. The number of benzene rings is 1. The lowest BCUT2D eigenvalue weighted by Gasteiger charge is -2.24. The summed E-state index contributed by atoms with van der Waals surface area (Å²) in [5.41, 5.74) is 1.88. The quantitative estimate of drug-likeness (QED) is 0.832. The first kappa shape index (κ1) is 11.7. The number of piperidine rings is 1. The first-order valence-electron chi connectivity index (χ1n) is 5.89. The van der Waals surface area contributed by atoms with E-state index in [2.05, 4.69) is 5.32 Å². The molecule has 1 heterocycles. The van der Waals surface area contributed by atoms with Crippen molar-refractivity contribution < 1.29 is 5.11 Å². The minimum absolute atomic E-state index is 0.258. The second-order valence-electron chi connectivity index (χ2n) is 4.56. The fourth-order valence-corrected chi connectivity index (χ4v) is 2.42. The Balaban J connectivity index is 2.11. The molecule has 1 fully saturated rings. The lowest BCUT2D eigenvalue weighted by molar-refractivity contribution is 0.392. The van der Waals surface area contributed by atoms with Gasteiger partial charge in [-0.25, -0.2) is 0 Å². The van der Waals surface area contributed by atoms with Crippen LogP contribution in [0.4, 0.5) is 0 Å². The highest BCUT2D eigenvalue weighted by Crippen LogP contribution is 2.31. The molecular formula is C13H18ClNO. The summed E-state index contributed by atoms with van der Waals surface area (Å²) in [6, 6.07) is 4.44. The third-order valence-electron chi connectivity index (χ3n) is 3.27. The van der Waals surface area contributed by atoms with E-state index in [0.29, 0.717) is 11.1 Å². The van der Waals surface area contributed by atoms with Crippen LogP contribution in [0.25, 0.3) is 0 Å². The van der Waals surface area contributed by atoms with Crippen molar-refractivity contribution >= 4 is 11.6 Å². The summed E-state index contributed by atoms with van der Waals surface area (Å²) in [6.07, 6.45) is 4.59. The van der Waals surface area contributed by atoms with Crippen molar-refractivity contribution in [2.24, 2.45) is 0 Å². The lowest BCUT2D eigenvalue weighted by atomic mass is 9.96. The third-order valence-corrected chi connectivity index (χ3v) is 3.75. The number of rotatable bonds is 2. The topological polar surface area (TPSA) is 32.3 Å². The molecule has 88 valence electrons. The van der Waals surface area contributed by atoms with E-state index in [9.17, 15) is 5.11 Å². The molecule has 0 saturated carbocycles. The maximum atomic E-state index is 9.95. The van der Waals surface area contributed by atoms with Crippen molar-refractivity contribution in [3.63, 3.8) is 0 Å². The molecule has 1 aromatic carbocycles. The molecular weight excluding hydrogens is 222 g/mol. The highest BCUT2D eigenvalue weighted by Gasteiger charge is 2.16. The Labute approximate surface area is 102 Å². The Kier molecular flexibility index (Phi) is 3.72. The van der Waals surface area contributed by atoms with Crippen LogP contribution in [0.5, 0.6) is 5.75 Å². The van der Waals surface area contributed by atoms with Crippen LogP contribution in [0.15, 0.2) is 12.1 Å². The van der Waals surface area contributed by atoms with Gasteiger partial charge >= 0.3 is 0 Å². The summed E-state index contributed by atoms with van der Waals surface area (Å²) in [5, 5.41) is 13.9. The molecule has 16 heavy (non-hydrogen) atoms. The Morgan fingerprint density at radius 3 is 2.94 bits per heavy atom. The number of halogens is 1. The van der Waals surface area contributed by atoms with Gasteiger partial charge in [-0.15, -0.1) is 0 Å². The van der Waals surface area contributed by atoms with Crippen LogP contribution in [-0.2, 0) is 6.42 Å². The van der Waals surface area contributed by atoms with Crippen molar-refractivity contribution in [3.8, 4) is 5.75 Å². The molecule has 0 amide bonds. The molecule has 0 spiro atoms. The summed E-state index contributed by atoms with van der Waals surface area (Å²) in [5.74, 6) is 0.258. The van der Waals surface area contributed by atoms with E-state index in [1.54, 1.807) is 0 Å². The van der Waals surface area contributed by atoms with E-state index in [1.807, 2.05) is 19.1 Å². The minimum atomic E-state index is 0.258. The molecule has 1 saturated heterocycles. The molecule has 1 atom stereocenters. The monoisotopic (exact) mass is 239 g/mol. The average Bonchev–Trinajstić information content (AvgIpc) is 2.31. The van der Waals surface area contributed by atoms with Crippen molar-refractivity contribution in [3.05, 3.63) is 28.3 Å². The normalized spacial score (nSPS) is 21.0. The molecule has 0 radical (unpaired) electrons. The fourth-order valence-electron chi connectivity index (χ4n) is 2.23. The van der Waals surface area contributed by atoms with Gasteiger partial charge in [0.25, 0.3) is 0 Å². The SMILES string of the molecule is Cc1ccc(CC2CCCCN2)c(O)c1Cl. The molecule has 0 bridgehead atoms. The van der Waals surface area contributed by atoms with Gasteiger partial charge in [-0.05, 0) is 43.9 Å². The second-order valence-corrected chi connectivity index (χ2v) is 4.93. The molecule has 1 aliphatic heterocycles. The predicted octanol–water partition coefficient (Wildman–Crippen LogP) is 3.04. The number of aryl methyl sites for hydroxylation is 1. The molecule has 2 rings (SSSR count). The van der Waals surface area contributed by atoms with Crippen molar-refractivity contribution in [1.29, 1.82) is 0 Å². The maximum Gasteiger partial charge on any atom is 0.137 e. The summed E-state index contributed by atoms with van der Waals surface area (Å²) < 4.78 is 0. The Hall–Kier alpha value is -0.730. The van der Waals surface area contributed by atoms with Crippen LogP contribution in [0.1, 0.15) is 30.4 Å². The van der Waals surface area contributed by atoms with Crippen LogP contribution < -0.4 is 5.32 Å². The van der Waals surface area contributed by atoms with E-state index >= 15 is 0 Å². The first-order valence-corrected chi connectivity index (χ1v) is 6.26. The van der Waals surface area contributed by atoms with E-state index in [1.165, 1.54) is 19.3 Å². The number of hydrogen-bond donors (Lipinski definition) is 2. The third kappa shape index (κ3) is 2.50. The highest BCUT2D eigenvalue weighted by atomic mass is 35.5. The predicted molar refractivity (Wildman–Crippen MR) is 67.2 cm³/mol.